The summed E-state index contributed by atoms with van der Waals surface area (Å²) in [5.74, 6) is 0.0827. The van der Waals surface area contributed by atoms with Crippen molar-refractivity contribution in [2.75, 3.05) is 0 Å². The third kappa shape index (κ3) is 1.42. The van der Waals surface area contributed by atoms with Crippen LogP contribution in [-0.2, 0) is 0 Å². The van der Waals surface area contributed by atoms with Crippen LogP contribution in [0.15, 0.2) is 53.3 Å². The second kappa shape index (κ2) is 3.52. The van der Waals surface area contributed by atoms with Gasteiger partial charge in [0.2, 0.25) is 0 Å². The van der Waals surface area contributed by atoms with Crippen LogP contribution in [-0.4, -0.2) is 14.7 Å². The molecule has 0 bridgehead atoms. The van der Waals surface area contributed by atoms with Gasteiger partial charge in [-0.25, -0.2) is 4.79 Å². The standard InChI is InChI=1S/C13H10N2O2/c16-12-8-4-3-7-11(12)15-10-6-2-1-5-9(10)14-13(15)17/h1-8,16H,(H,14,17). The number of hydrogen-bond donors (Lipinski definition) is 2. The Balaban J connectivity index is 2.42. The number of hydrogen-bond acceptors (Lipinski definition) is 2. The molecule has 17 heavy (non-hydrogen) atoms. The monoisotopic (exact) mass is 226 g/mol. The lowest BCUT2D eigenvalue weighted by Crippen LogP contribution is -2.14. The van der Waals surface area contributed by atoms with Gasteiger partial charge in [0.15, 0.2) is 0 Å². The van der Waals surface area contributed by atoms with Crippen molar-refractivity contribution in [2.45, 2.75) is 0 Å². The predicted octanol–water partition coefficient (Wildman–Crippen LogP) is 2.02. The van der Waals surface area contributed by atoms with Crippen LogP contribution in [0.25, 0.3) is 16.7 Å². The lowest BCUT2D eigenvalue weighted by molar-refractivity contribution is 0.472. The average Bonchev–Trinajstić information content (AvgIpc) is 2.66. The Kier molecular flexibility index (Phi) is 2.01. The molecule has 0 amide bonds. The number of aromatic nitrogens is 2. The van der Waals surface area contributed by atoms with E-state index in [1.807, 2.05) is 24.3 Å². The Bertz CT molecular complexity index is 740. The van der Waals surface area contributed by atoms with Gasteiger partial charge in [0.1, 0.15) is 5.75 Å². The van der Waals surface area contributed by atoms with Crippen LogP contribution < -0.4 is 5.69 Å². The number of phenols is 1. The highest BCUT2D eigenvalue weighted by Crippen LogP contribution is 2.22. The van der Waals surface area contributed by atoms with Crippen LogP contribution in [0.5, 0.6) is 5.75 Å². The van der Waals surface area contributed by atoms with Crippen LogP contribution in [0.3, 0.4) is 0 Å². The first kappa shape index (κ1) is 9.72. The SMILES string of the molecule is O=c1[nH]c2ccccc2n1-c1ccccc1O. The van der Waals surface area contributed by atoms with Crippen molar-refractivity contribution in [3.8, 4) is 11.4 Å². The van der Waals surface area contributed by atoms with Gasteiger partial charge in [-0.05, 0) is 24.3 Å². The molecule has 1 heterocycles. The van der Waals surface area contributed by atoms with E-state index in [4.69, 9.17) is 0 Å². The van der Waals surface area contributed by atoms with E-state index in [9.17, 15) is 9.90 Å². The highest BCUT2D eigenvalue weighted by Gasteiger charge is 2.10. The van der Waals surface area contributed by atoms with Crippen molar-refractivity contribution in [2.24, 2.45) is 0 Å². The van der Waals surface area contributed by atoms with Crippen LogP contribution in [0.1, 0.15) is 0 Å². The van der Waals surface area contributed by atoms with E-state index in [1.54, 1.807) is 24.3 Å². The quantitative estimate of drug-likeness (QED) is 0.667. The number of H-pyrrole nitrogens is 1. The molecule has 0 atom stereocenters. The van der Waals surface area contributed by atoms with Crippen LogP contribution in [0, 0.1) is 0 Å². The Morgan fingerprint density at radius 1 is 1.00 bits per heavy atom. The summed E-state index contributed by atoms with van der Waals surface area (Å²) in [6.07, 6.45) is 0. The zero-order valence-corrected chi connectivity index (χ0v) is 8.92. The number of rotatable bonds is 1. The fourth-order valence-corrected chi connectivity index (χ4v) is 1.95. The van der Waals surface area contributed by atoms with Gasteiger partial charge >= 0.3 is 5.69 Å². The summed E-state index contributed by atoms with van der Waals surface area (Å²) in [5, 5.41) is 9.79. The van der Waals surface area contributed by atoms with Gasteiger partial charge in [0.25, 0.3) is 0 Å². The highest BCUT2D eigenvalue weighted by atomic mass is 16.3. The molecule has 2 N–H and O–H groups in total. The van der Waals surface area contributed by atoms with E-state index >= 15 is 0 Å². The summed E-state index contributed by atoms with van der Waals surface area (Å²) in [7, 11) is 0. The lowest BCUT2D eigenvalue weighted by Gasteiger charge is -2.04. The number of imidazole rings is 1. The molecule has 0 aliphatic carbocycles. The number of phenolic OH excluding ortho intramolecular Hbond substituents is 1. The van der Waals surface area contributed by atoms with E-state index in [2.05, 4.69) is 4.98 Å². The maximum Gasteiger partial charge on any atom is 0.331 e. The molecule has 4 heteroatoms. The number of aromatic amines is 1. The average molecular weight is 226 g/mol. The van der Waals surface area contributed by atoms with E-state index < -0.39 is 0 Å². The number of nitrogens with one attached hydrogen (secondary N) is 1. The predicted molar refractivity (Wildman–Crippen MR) is 65.6 cm³/mol. The van der Waals surface area contributed by atoms with Crippen LogP contribution in [0.2, 0.25) is 0 Å². The Morgan fingerprint density at radius 3 is 2.53 bits per heavy atom. The maximum absolute atomic E-state index is 11.9. The molecule has 84 valence electrons. The van der Waals surface area contributed by atoms with Crippen molar-refractivity contribution in [1.29, 1.82) is 0 Å². The number of para-hydroxylation sites is 4. The second-order valence-electron chi connectivity index (χ2n) is 3.77. The van der Waals surface area contributed by atoms with E-state index in [-0.39, 0.29) is 11.4 Å². The highest BCUT2D eigenvalue weighted by molar-refractivity contribution is 5.77. The van der Waals surface area contributed by atoms with Crippen molar-refractivity contribution in [3.63, 3.8) is 0 Å². The summed E-state index contributed by atoms with van der Waals surface area (Å²) in [5.41, 5.74) is 1.72. The van der Waals surface area contributed by atoms with Gasteiger partial charge in [-0.15, -0.1) is 0 Å². The largest absolute Gasteiger partial charge is 0.506 e. The van der Waals surface area contributed by atoms with Gasteiger partial charge in [0.05, 0.1) is 16.7 Å². The first-order valence-electron chi connectivity index (χ1n) is 5.25. The zero-order chi connectivity index (χ0) is 11.8. The third-order valence-corrected chi connectivity index (χ3v) is 2.71. The molecular formula is C13H10N2O2. The normalized spacial score (nSPS) is 10.8. The van der Waals surface area contributed by atoms with Gasteiger partial charge < -0.3 is 10.1 Å². The molecule has 3 rings (SSSR count). The number of aromatic hydroxyl groups is 1. The van der Waals surface area contributed by atoms with Gasteiger partial charge in [-0.1, -0.05) is 24.3 Å². The van der Waals surface area contributed by atoms with Crippen LogP contribution >= 0.6 is 0 Å². The zero-order valence-electron chi connectivity index (χ0n) is 8.92. The molecular weight excluding hydrogens is 216 g/mol. The van der Waals surface area contributed by atoms with Crippen molar-refractivity contribution < 1.29 is 5.11 Å². The minimum atomic E-state index is -0.257. The smallest absolute Gasteiger partial charge is 0.331 e. The molecule has 0 spiro atoms. The molecule has 4 nitrogen and oxygen atoms in total. The molecule has 1 aromatic heterocycles. The topological polar surface area (TPSA) is 58.0 Å². The molecule has 3 aromatic rings. The molecule has 0 saturated heterocycles. The van der Waals surface area contributed by atoms with Gasteiger partial charge in [-0.2, -0.15) is 0 Å². The minimum absolute atomic E-state index is 0.0827. The van der Waals surface area contributed by atoms with E-state index in [0.717, 1.165) is 11.0 Å². The second-order valence-corrected chi connectivity index (χ2v) is 3.77. The lowest BCUT2D eigenvalue weighted by atomic mass is 10.2. The number of nitrogens with zero attached hydrogens (tertiary/aromatic N) is 1. The van der Waals surface area contributed by atoms with Crippen molar-refractivity contribution in [3.05, 3.63) is 59.0 Å². The van der Waals surface area contributed by atoms with Gasteiger partial charge in [0, 0.05) is 0 Å². The summed E-state index contributed by atoms with van der Waals surface area (Å²) in [6.45, 7) is 0. The Morgan fingerprint density at radius 2 is 1.71 bits per heavy atom. The number of benzene rings is 2. The van der Waals surface area contributed by atoms with E-state index in [0.29, 0.717) is 5.69 Å². The van der Waals surface area contributed by atoms with Crippen LogP contribution in [0.4, 0.5) is 0 Å². The summed E-state index contributed by atoms with van der Waals surface area (Å²) in [6, 6.07) is 14.1. The molecule has 0 fully saturated rings. The molecule has 0 saturated carbocycles. The first-order valence-corrected chi connectivity index (χ1v) is 5.25. The Labute approximate surface area is 96.8 Å². The third-order valence-electron chi connectivity index (χ3n) is 2.71. The molecule has 0 aliphatic rings. The molecule has 0 radical (unpaired) electrons. The fraction of sp³-hybridized carbons (Fsp3) is 0. The fourth-order valence-electron chi connectivity index (χ4n) is 1.95. The molecule has 0 unspecified atom stereocenters. The first-order chi connectivity index (χ1) is 8.27. The Hall–Kier alpha value is -2.49. The summed E-state index contributed by atoms with van der Waals surface area (Å²) in [4.78, 5) is 14.6. The van der Waals surface area contributed by atoms with Crippen molar-refractivity contribution in [1.82, 2.24) is 9.55 Å². The molecule has 0 aliphatic heterocycles. The summed E-state index contributed by atoms with van der Waals surface area (Å²) < 4.78 is 1.46. The van der Waals surface area contributed by atoms with E-state index in [1.165, 1.54) is 4.57 Å². The van der Waals surface area contributed by atoms with Crippen molar-refractivity contribution >= 4 is 11.0 Å². The van der Waals surface area contributed by atoms with Gasteiger partial charge in [-0.3, -0.25) is 4.57 Å². The maximum atomic E-state index is 11.9. The number of fused-ring (bicyclic) bond motifs is 1. The minimum Gasteiger partial charge on any atom is -0.506 e. The summed E-state index contributed by atoms with van der Waals surface area (Å²) >= 11 is 0. The molecule has 2 aromatic carbocycles.